The van der Waals surface area contributed by atoms with Crippen LogP contribution in [-0.4, -0.2) is 33.5 Å². The van der Waals surface area contributed by atoms with Gasteiger partial charge in [-0.05, 0) is 44.2 Å². The number of hydrogen-bond acceptors (Lipinski definition) is 6. The van der Waals surface area contributed by atoms with Gasteiger partial charge in [-0.15, -0.1) is 0 Å². The first-order valence-corrected chi connectivity index (χ1v) is 10.8. The molecule has 0 aliphatic rings. The van der Waals surface area contributed by atoms with E-state index in [0.717, 1.165) is 0 Å². The van der Waals surface area contributed by atoms with Crippen molar-refractivity contribution in [2.45, 2.75) is 19.9 Å². The Labute approximate surface area is 200 Å². The summed E-state index contributed by atoms with van der Waals surface area (Å²) >= 11 is 6.10. The number of aromatic nitrogens is 3. The molecule has 0 spiro atoms. The zero-order valence-electron chi connectivity index (χ0n) is 18.8. The molecule has 2 aromatic heterocycles. The number of para-hydroxylation sites is 1. The zero-order valence-corrected chi connectivity index (χ0v) is 19.6. The van der Waals surface area contributed by atoms with Crippen molar-refractivity contribution in [3.8, 4) is 5.75 Å². The molecule has 174 valence electrons. The number of nitrogens with zero attached hydrogens (tertiary/aromatic N) is 3. The number of fused-ring (bicyclic) bond motifs is 1. The number of halogens is 1. The number of ether oxygens (including phenoxy) is 1. The van der Waals surface area contributed by atoms with Crippen molar-refractivity contribution in [2.24, 2.45) is 0 Å². The van der Waals surface area contributed by atoms with Crippen molar-refractivity contribution < 1.29 is 14.3 Å². The number of carbonyl (C=O) groups excluding carboxylic acids is 2. The molecule has 2 amide bonds. The number of nitrogens with one attached hydrogen (secondary N) is 2. The van der Waals surface area contributed by atoms with Crippen molar-refractivity contribution in [2.75, 3.05) is 23.5 Å². The zero-order chi connectivity index (χ0) is 24.4. The average Bonchev–Trinajstić information content (AvgIpc) is 3.21. The van der Waals surface area contributed by atoms with Crippen LogP contribution in [0.5, 0.6) is 5.75 Å². The highest BCUT2D eigenvalue weighted by atomic mass is 35.5. The third-order valence-electron chi connectivity index (χ3n) is 5.26. The number of hydrogen-bond donors (Lipinski definition) is 3. The highest BCUT2D eigenvalue weighted by molar-refractivity contribution is 6.33. The number of nitrogens with two attached hydrogens (primary N) is 1. The van der Waals surface area contributed by atoms with Crippen molar-refractivity contribution in [3.63, 3.8) is 0 Å². The number of methoxy groups -OCH3 is 1. The van der Waals surface area contributed by atoms with Crippen LogP contribution < -0.4 is 21.1 Å². The van der Waals surface area contributed by atoms with Crippen LogP contribution in [0.1, 0.15) is 35.8 Å². The summed E-state index contributed by atoms with van der Waals surface area (Å²) in [4.78, 5) is 34.5. The van der Waals surface area contributed by atoms with Crippen LogP contribution in [0.3, 0.4) is 0 Å². The quantitative estimate of drug-likeness (QED) is 0.330. The summed E-state index contributed by atoms with van der Waals surface area (Å²) in [6.45, 7) is 3.96. The van der Waals surface area contributed by atoms with Gasteiger partial charge in [0.15, 0.2) is 5.78 Å². The van der Waals surface area contributed by atoms with Crippen LogP contribution in [0.4, 0.5) is 22.0 Å². The normalized spacial score (nSPS) is 11.0. The van der Waals surface area contributed by atoms with Gasteiger partial charge in [0.25, 0.3) is 0 Å². The first-order valence-electron chi connectivity index (χ1n) is 10.5. The number of anilines is 3. The van der Waals surface area contributed by atoms with Crippen LogP contribution in [0.25, 0.3) is 11.0 Å². The number of urea groups is 1. The van der Waals surface area contributed by atoms with E-state index in [1.165, 1.54) is 13.4 Å². The highest BCUT2D eigenvalue weighted by Crippen LogP contribution is 2.32. The van der Waals surface area contributed by atoms with E-state index in [2.05, 4.69) is 20.6 Å². The van der Waals surface area contributed by atoms with E-state index in [-0.39, 0.29) is 23.2 Å². The maximum atomic E-state index is 13.7. The summed E-state index contributed by atoms with van der Waals surface area (Å²) in [5.41, 5.74) is 8.14. The molecule has 34 heavy (non-hydrogen) atoms. The van der Waals surface area contributed by atoms with Crippen molar-refractivity contribution in [3.05, 3.63) is 71.1 Å². The lowest BCUT2D eigenvalue weighted by Crippen LogP contribution is -2.20. The lowest BCUT2D eigenvalue weighted by atomic mass is 10.0. The fraction of sp³-hybridized carbons (Fsp3) is 0.167. The second kappa shape index (κ2) is 9.40. The fourth-order valence-corrected chi connectivity index (χ4v) is 3.81. The number of amides is 2. The summed E-state index contributed by atoms with van der Waals surface area (Å²) < 4.78 is 7.29. The molecule has 2 heterocycles. The van der Waals surface area contributed by atoms with E-state index >= 15 is 0 Å². The highest BCUT2D eigenvalue weighted by Gasteiger charge is 2.24. The predicted octanol–water partition coefficient (Wildman–Crippen LogP) is 5.13. The van der Waals surface area contributed by atoms with Crippen molar-refractivity contribution in [1.29, 1.82) is 0 Å². The van der Waals surface area contributed by atoms with Gasteiger partial charge in [-0.3, -0.25) is 4.79 Å². The molecule has 2 aromatic carbocycles. The number of ketones is 1. The molecule has 10 heteroatoms. The summed E-state index contributed by atoms with van der Waals surface area (Å²) in [5, 5.41) is 6.27. The van der Waals surface area contributed by atoms with Gasteiger partial charge in [-0.2, -0.15) is 0 Å². The van der Waals surface area contributed by atoms with E-state index < -0.39 is 6.03 Å². The van der Waals surface area contributed by atoms with Crippen molar-refractivity contribution >= 4 is 51.6 Å². The van der Waals surface area contributed by atoms with Crippen LogP contribution in [0.2, 0.25) is 5.02 Å². The molecule has 0 aliphatic heterocycles. The molecule has 0 unspecified atom stereocenters. The largest absolute Gasteiger partial charge is 0.496 e. The molecule has 0 saturated carbocycles. The average molecular weight is 479 g/mol. The van der Waals surface area contributed by atoms with Gasteiger partial charge in [-0.25, -0.2) is 14.8 Å². The lowest BCUT2D eigenvalue weighted by Gasteiger charge is -2.12. The van der Waals surface area contributed by atoms with Gasteiger partial charge in [0.2, 0.25) is 0 Å². The standard InChI is InChI=1S/C24H23ClN6O3/c1-13(2)31-11-16(20-22(26)27-12-28-23(20)31)21(32)15-10-14(8-9-19(15)34-3)29-24(33)30-18-7-5-4-6-17(18)25/h4-13H,1-3H3,(H2,26,27,28)(H2,29,30,33). The molecular formula is C24H23ClN6O3. The first-order chi connectivity index (χ1) is 16.3. The molecule has 0 radical (unpaired) electrons. The molecule has 0 saturated heterocycles. The van der Waals surface area contributed by atoms with Gasteiger partial charge in [0.1, 0.15) is 23.5 Å². The molecule has 0 fully saturated rings. The summed E-state index contributed by atoms with van der Waals surface area (Å²) in [6, 6.07) is 11.2. The summed E-state index contributed by atoms with van der Waals surface area (Å²) in [7, 11) is 1.47. The third kappa shape index (κ3) is 4.38. The molecule has 4 rings (SSSR count). The minimum atomic E-state index is -0.509. The van der Waals surface area contributed by atoms with E-state index in [4.69, 9.17) is 22.1 Å². The maximum Gasteiger partial charge on any atom is 0.323 e. The second-order valence-electron chi connectivity index (χ2n) is 7.80. The van der Waals surface area contributed by atoms with E-state index in [1.807, 2.05) is 18.4 Å². The Morgan fingerprint density at radius 2 is 1.85 bits per heavy atom. The Balaban J connectivity index is 1.70. The number of carbonyl (C=O) groups is 2. The molecule has 0 bridgehead atoms. The Morgan fingerprint density at radius 3 is 2.56 bits per heavy atom. The monoisotopic (exact) mass is 478 g/mol. The minimum absolute atomic E-state index is 0.0433. The van der Waals surface area contributed by atoms with Crippen LogP contribution in [0, 0.1) is 0 Å². The minimum Gasteiger partial charge on any atom is -0.496 e. The van der Waals surface area contributed by atoms with Crippen LogP contribution in [-0.2, 0) is 0 Å². The van der Waals surface area contributed by atoms with E-state index in [0.29, 0.717) is 38.7 Å². The second-order valence-corrected chi connectivity index (χ2v) is 8.21. The first kappa shape index (κ1) is 23.1. The molecule has 4 aromatic rings. The van der Waals surface area contributed by atoms with Gasteiger partial charge in [-0.1, -0.05) is 23.7 Å². The summed E-state index contributed by atoms with van der Waals surface area (Å²) in [6.07, 6.45) is 3.08. The van der Waals surface area contributed by atoms with Crippen LogP contribution in [0.15, 0.2) is 55.0 Å². The Kier molecular flexibility index (Phi) is 6.38. The van der Waals surface area contributed by atoms with Gasteiger partial charge >= 0.3 is 6.03 Å². The Bertz CT molecular complexity index is 1400. The number of rotatable bonds is 6. The smallest absolute Gasteiger partial charge is 0.323 e. The Hall–Kier alpha value is -4.11. The molecular weight excluding hydrogens is 456 g/mol. The van der Waals surface area contributed by atoms with E-state index in [9.17, 15) is 9.59 Å². The molecule has 0 aliphatic carbocycles. The summed E-state index contributed by atoms with van der Waals surface area (Å²) in [5.74, 6) is 0.223. The van der Waals surface area contributed by atoms with Gasteiger partial charge in [0, 0.05) is 17.9 Å². The topological polar surface area (TPSA) is 124 Å². The van der Waals surface area contributed by atoms with Gasteiger partial charge in [0.05, 0.1) is 34.3 Å². The molecule has 9 nitrogen and oxygen atoms in total. The van der Waals surface area contributed by atoms with Crippen LogP contribution >= 0.6 is 11.6 Å². The van der Waals surface area contributed by atoms with Crippen molar-refractivity contribution in [1.82, 2.24) is 14.5 Å². The fourth-order valence-electron chi connectivity index (χ4n) is 3.63. The number of benzene rings is 2. The SMILES string of the molecule is COc1ccc(NC(=O)Nc2ccccc2Cl)cc1C(=O)c1cn(C(C)C)c2ncnc(N)c12. The van der Waals surface area contributed by atoms with E-state index in [1.54, 1.807) is 48.7 Å². The molecule has 4 N–H and O–H groups in total. The lowest BCUT2D eigenvalue weighted by molar-refractivity contribution is 0.103. The van der Waals surface area contributed by atoms with Gasteiger partial charge < -0.3 is 25.7 Å². The third-order valence-corrected chi connectivity index (χ3v) is 5.59. The maximum absolute atomic E-state index is 13.7. The molecule has 0 atom stereocenters. The predicted molar refractivity (Wildman–Crippen MR) is 133 cm³/mol. The Morgan fingerprint density at radius 1 is 1.09 bits per heavy atom. The number of nitrogen functional groups attached to an aromatic ring is 1.